The molecule has 0 aromatic heterocycles. The van der Waals surface area contributed by atoms with Crippen molar-refractivity contribution in [3.8, 4) is 0 Å². The number of carbonyl (C=O) groups is 1. The highest BCUT2D eigenvalue weighted by Crippen LogP contribution is 2.42. The summed E-state index contributed by atoms with van der Waals surface area (Å²) in [4.78, 5) is 11.6. The first-order valence-corrected chi connectivity index (χ1v) is 7.82. The molecule has 0 aromatic carbocycles. The normalized spacial score (nSPS) is 27.6. The molecular weight excluding hydrogens is 252 g/mol. The number of epoxide rings is 1. The molecule has 1 heterocycles. The quantitative estimate of drug-likeness (QED) is 0.382. The molecule has 0 spiro atoms. The number of hydrogen-bond donors (Lipinski definition) is 0. The van der Waals surface area contributed by atoms with E-state index < -0.39 is 0 Å². The molecule has 0 radical (unpaired) electrons. The first kappa shape index (κ1) is 17.2. The maximum absolute atomic E-state index is 11.6. The van der Waals surface area contributed by atoms with E-state index in [1.807, 2.05) is 19.9 Å². The Labute approximate surface area is 123 Å². The van der Waals surface area contributed by atoms with Crippen molar-refractivity contribution in [2.45, 2.75) is 72.5 Å². The average Bonchev–Trinajstić information content (AvgIpc) is 2.96. The summed E-state index contributed by atoms with van der Waals surface area (Å²) in [6, 6.07) is 0. The van der Waals surface area contributed by atoms with Gasteiger partial charge in [0.05, 0.1) is 12.7 Å². The number of esters is 1. The Morgan fingerprint density at radius 3 is 2.60 bits per heavy atom. The first-order valence-electron chi connectivity index (χ1n) is 7.82. The molecule has 3 atom stereocenters. The van der Waals surface area contributed by atoms with Crippen LogP contribution < -0.4 is 0 Å². The van der Waals surface area contributed by atoms with Gasteiger partial charge in [-0.2, -0.15) is 0 Å². The summed E-state index contributed by atoms with van der Waals surface area (Å²) in [6.07, 6.45) is 5.69. The van der Waals surface area contributed by atoms with Gasteiger partial charge in [0.2, 0.25) is 0 Å². The minimum absolute atomic E-state index is 0.240. The van der Waals surface area contributed by atoms with Crippen molar-refractivity contribution in [3.63, 3.8) is 0 Å². The summed E-state index contributed by atoms with van der Waals surface area (Å²) >= 11 is 0. The third-order valence-electron chi connectivity index (χ3n) is 3.87. The molecule has 3 nitrogen and oxygen atoms in total. The lowest BCUT2D eigenvalue weighted by Gasteiger charge is -2.13. The van der Waals surface area contributed by atoms with Gasteiger partial charge in [-0.3, -0.25) is 0 Å². The van der Waals surface area contributed by atoms with E-state index >= 15 is 0 Å². The van der Waals surface area contributed by atoms with E-state index in [9.17, 15) is 4.79 Å². The molecule has 1 fully saturated rings. The van der Waals surface area contributed by atoms with Crippen LogP contribution in [0.4, 0.5) is 0 Å². The van der Waals surface area contributed by atoms with Gasteiger partial charge < -0.3 is 9.47 Å². The van der Waals surface area contributed by atoms with Gasteiger partial charge in [-0.15, -0.1) is 0 Å². The van der Waals surface area contributed by atoms with Crippen molar-refractivity contribution >= 4 is 5.97 Å². The van der Waals surface area contributed by atoms with Crippen molar-refractivity contribution in [2.24, 2.45) is 11.8 Å². The van der Waals surface area contributed by atoms with Gasteiger partial charge in [0.1, 0.15) is 5.60 Å². The van der Waals surface area contributed by atoms with Crippen LogP contribution in [-0.2, 0) is 14.3 Å². The van der Waals surface area contributed by atoms with Crippen molar-refractivity contribution in [3.05, 3.63) is 11.6 Å². The van der Waals surface area contributed by atoms with Crippen LogP contribution in [0.3, 0.4) is 0 Å². The lowest BCUT2D eigenvalue weighted by Crippen LogP contribution is -2.12. The zero-order valence-electron chi connectivity index (χ0n) is 13.9. The standard InChI is InChI=1S/C17H30O3/c1-7-19-16(18)14(5)11-17(6)15(20-17)9-8-13(4)10-12(2)3/h11-13,15H,7-10H2,1-6H3/b14-11+/t13-,15-,17-/m0/s1. The Morgan fingerprint density at radius 2 is 2.05 bits per heavy atom. The molecule has 3 heteroatoms. The minimum atomic E-state index is -0.269. The molecule has 0 unspecified atom stereocenters. The SMILES string of the molecule is CCOC(=O)/C(C)=C/[C@]1(C)O[C@H]1CC[C@H](C)CC(C)C. The van der Waals surface area contributed by atoms with Crippen molar-refractivity contribution in [1.82, 2.24) is 0 Å². The molecule has 116 valence electrons. The maximum atomic E-state index is 11.6. The highest BCUT2D eigenvalue weighted by atomic mass is 16.6. The largest absolute Gasteiger partial charge is 0.463 e. The molecule has 20 heavy (non-hydrogen) atoms. The van der Waals surface area contributed by atoms with Crippen LogP contribution in [0.1, 0.15) is 60.8 Å². The van der Waals surface area contributed by atoms with Gasteiger partial charge in [0.15, 0.2) is 0 Å². The second-order valence-corrected chi connectivity index (χ2v) is 6.65. The molecule has 1 saturated heterocycles. The molecule has 0 bridgehead atoms. The Hall–Kier alpha value is -0.830. The van der Waals surface area contributed by atoms with Gasteiger partial charge in [-0.1, -0.05) is 20.8 Å². The van der Waals surface area contributed by atoms with Gasteiger partial charge in [0.25, 0.3) is 0 Å². The van der Waals surface area contributed by atoms with Gasteiger partial charge in [-0.05, 0) is 57.9 Å². The fourth-order valence-electron chi connectivity index (χ4n) is 2.84. The zero-order valence-corrected chi connectivity index (χ0v) is 13.9. The van der Waals surface area contributed by atoms with Crippen LogP contribution in [0.15, 0.2) is 11.6 Å². The van der Waals surface area contributed by atoms with Crippen LogP contribution in [0.2, 0.25) is 0 Å². The van der Waals surface area contributed by atoms with Crippen LogP contribution in [0.25, 0.3) is 0 Å². The Bertz CT molecular complexity index is 359. The lowest BCUT2D eigenvalue weighted by molar-refractivity contribution is -0.138. The molecule has 0 aliphatic carbocycles. The van der Waals surface area contributed by atoms with Crippen molar-refractivity contribution in [1.29, 1.82) is 0 Å². The summed E-state index contributed by atoms with van der Waals surface area (Å²) in [5.41, 5.74) is 0.376. The molecular formula is C17H30O3. The van der Waals surface area contributed by atoms with E-state index in [4.69, 9.17) is 9.47 Å². The molecule has 0 aromatic rings. The van der Waals surface area contributed by atoms with Crippen molar-refractivity contribution in [2.75, 3.05) is 6.61 Å². The third kappa shape index (κ3) is 5.28. The Balaban J connectivity index is 2.39. The number of rotatable bonds is 8. The third-order valence-corrected chi connectivity index (χ3v) is 3.87. The van der Waals surface area contributed by atoms with Gasteiger partial charge in [0, 0.05) is 5.57 Å². The van der Waals surface area contributed by atoms with E-state index in [0.717, 1.165) is 18.3 Å². The fourth-order valence-corrected chi connectivity index (χ4v) is 2.84. The van der Waals surface area contributed by atoms with Gasteiger partial charge >= 0.3 is 5.97 Å². The predicted octanol–water partition coefficient (Wildman–Crippen LogP) is 4.12. The van der Waals surface area contributed by atoms with E-state index in [-0.39, 0.29) is 17.7 Å². The molecule has 1 aliphatic rings. The van der Waals surface area contributed by atoms with Gasteiger partial charge in [-0.25, -0.2) is 4.79 Å². The highest BCUT2D eigenvalue weighted by Gasteiger charge is 2.50. The Kier molecular flexibility index (Phi) is 6.25. The molecule has 0 N–H and O–H groups in total. The summed E-state index contributed by atoms with van der Waals surface area (Å²) in [5.74, 6) is 1.25. The smallest absolute Gasteiger partial charge is 0.333 e. The average molecular weight is 282 g/mol. The summed E-state index contributed by atoms with van der Waals surface area (Å²) in [7, 11) is 0. The molecule has 0 saturated carbocycles. The first-order chi connectivity index (χ1) is 9.28. The predicted molar refractivity (Wildman–Crippen MR) is 81.5 cm³/mol. The molecule has 1 aliphatic heterocycles. The lowest BCUT2D eigenvalue weighted by atomic mass is 9.92. The second-order valence-electron chi connectivity index (χ2n) is 6.65. The summed E-state index contributed by atoms with van der Waals surface area (Å²) in [5, 5.41) is 0. The Morgan fingerprint density at radius 1 is 1.40 bits per heavy atom. The summed E-state index contributed by atoms with van der Waals surface area (Å²) < 4.78 is 10.8. The van der Waals surface area contributed by atoms with E-state index in [1.54, 1.807) is 6.92 Å². The van der Waals surface area contributed by atoms with Crippen LogP contribution in [0, 0.1) is 11.8 Å². The second kappa shape index (κ2) is 7.26. The number of carbonyl (C=O) groups excluding carboxylic acids is 1. The number of hydrogen-bond acceptors (Lipinski definition) is 3. The maximum Gasteiger partial charge on any atom is 0.333 e. The molecule has 1 rings (SSSR count). The summed E-state index contributed by atoms with van der Waals surface area (Å²) in [6.45, 7) is 12.9. The monoisotopic (exact) mass is 282 g/mol. The van der Waals surface area contributed by atoms with Crippen molar-refractivity contribution < 1.29 is 14.3 Å². The van der Waals surface area contributed by atoms with Crippen LogP contribution in [-0.4, -0.2) is 24.3 Å². The number of ether oxygens (including phenoxy) is 2. The highest BCUT2D eigenvalue weighted by molar-refractivity contribution is 5.88. The minimum Gasteiger partial charge on any atom is -0.463 e. The fraction of sp³-hybridized carbons (Fsp3) is 0.824. The van der Waals surface area contributed by atoms with E-state index in [2.05, 4.69) is 20.8 Å². The zero-order chi connectivity index (χ0) is 15.3. The molecule has 0 amide bonds. The topological polar surface area (TPSA) is 38.8 Å². The van der Waals surface area contributed by atoms with E-state index in [0.29, 0.717) is 12.2 Å². The van der Waals surface area contributed by atoms with E-state index in [1.165, 1.54) is 12.8 Å². The van der Waals surface area contributed by atoms with Crippen LogP contribution >= 0.6 is 0 Å². The van der Waals surface area contributed by atoms with Crippen LogP contribution in [0.5, 0.6) is 0 Å².